The number of amides is 1. The van der Waals surface area contributed by atoms with E-state index in [1.54, 1.807) is 36.4 Å². The molecule has 2 rings (SSSR count). The third-order valence-corrected chi connectivity index (χ3v) is 5.17. The van der Waals surface area contributed by atoms with Gasteiger partial charge in [0.15, 0.2) is 0 Å². The zero-order chi connectivity index (χ0) is 20.2. The maximum absolute atomic E-state index is 12.4. The Labute approximate surface area is 160 Å². The van der Waals surface area contributed by atoms with Gasteiger partial charge in [0.25, 0.3) is 0 Å². The first kappa shape index (κ1) is 20.5. The van der Waals surface area contributed by atoms with Crippen LogP contribution in [0.25, 0.3) is 0 Å². The first-order valence-electron chi connectivity index (χ1n) is 8.39. The lowest BCUT2D eigenvalue weighted by atomic mass is 9.87. The lowest BCUT2D eigenvalue weighted by molar-refractivity contribution is -0.114. The highest BCUT2D eigenvalue weighted by Crippen LogP contribution is 2.26. The van der Waals surface area contributed by atoms with Crippen molar-refractivity contribution in [1.82, 2.24) is 0 Å². The molecule has 2 aromatic carbocycles. The molecule has 1 amide bonds. The van der Waals surface area contributed by atoms with Gasteiger partial charge in [0.1, 0.15) is 12.6 Å². The van der Waals surface area contributed by atoms with Crippen molar-refractivity contribution in [3.8, 4) is 6.07 Å². The van der Waals surface area contributed by atoms with Gasteiger partial charge in [-0.3, -0.25) is 9.10 Å². The van der Waals surface area contributed by atoms with Gasteiger partial charge in [-0.25, -0.2) is 8.42 Å². The molecule has 0 spiro atoms. The number of benzene rings is 2. The number of nitrogens with one attached hydrogen (secondary N) is 1. The maximum atomic E-state index is 12.4. The highest BCUT2D eigenvalue weighted by Gasteiger charge is 2.22. The summed E-state index contributed by atoms with van der Waals surface area (Å²) >= 11 is 0. The Morgan fingerprint density at radius 1 is 1.11 bits per heavy atom. The van der Waals surface area contributed by atoms with Gasteiger partial charge < -0.3 is 5.32 Å². The number of hydrogen-bond donors (Lipinski definition) is 1. The van der Waals surface area contributed by atoms with E-state index in [2.05, 4.69) is 26.1 Å². The zero-order valence-electron chi connectivity index (χ0n) is 15.9. The van der Waals surface area contributed by atoms with E-state index < -0.39 is 15.9 Å². The van der Waals surface area contributed by atoms with Crippen LogP contribution in [0.1, 0.15) is 31.9 Å². The lowest BCUT2D eigenvalue weighted by Gasteiger charge is -2.24. The van der Waals surface area contributed by atoms with Crippen LogP contribution in [0.5, 0.6) is 0 Å². The lowest BCUT2D eigenvalue weighted by Crippen LogP contribution is -2.37. The average Bonchev–Trinajstić information content (AvgIpc) is 2.58. The molecule has 0 radical (unpaired) electrons. The predicted octanol–water partition coefficient (Wildman–Crippen LogP) is 3.26. The summed E-state index contributed by atoms with van der Waals surface area (Å²) in [6.07, 6.45) is 1.06. The number of para-hydroxylation sites is 1. The van der Waals surface area contributed by atoms with E-state index in [0.717, 1.165) is 16.1 Å². The molecule has 2 aromatic rings. The number of anilines is 2. The summed E-state index contributed by atoms with van der Waals surface area (Å²) in [6, 6.07) is 15.6. The van der Waals surface area contributed by atoms with E-state index in [0.29, 0.717) is 16.9 Å². The van der Waals surface area contributed by atoms with Crippen molar-refractivity contribution < 1.29 is 13.2 Å². The molecule has 0 aliphatic rings. The summed E-state index contributed by atoms with van der Waals surface area (Å²) in [5.41, 5.74) is 2.07. The number of carbonyl (C=O) groups excluding carboxylic acids is 1. The molecule has 0 aliphatic heterocycles. The van der Waals surface area contributed by atoms with Gasteiger partial charge in [0.2, 0.25) is 15.9 Å². The molecule has 7 heteroatoms. The molecular weight excluding hydrogens is 362 g/mol. The summed E-state index contributed by atoms with van der Waals surface area (Å²) in [4.78, 5) is 12.4. The van der Waals surface area contributed by atoms with Gasteiger partial charge in [0, 0.05) is 0 Å². The van der Waals surface area contributed by atoms with Crippen molar-refractivity contribution >= 4 is 27.3 Å². The molecule has 0 aliphatic carbocycles. The number of nitriles is 1. The van der Waals surface area contributed by atoms with E-state index in [1.165, 1.54) is 0 Å². The SMILES string of the molecule is CC(C)(C)c1ccc(N(CC(=O)Nc2ccccc2C#N)S(C)(=O)=O)cc1. The minimum atomic E-state index is -3.66. The highest BCUT2D eigenvalue weighted by molar-refractivity contribution is 7.92. The maximum Gasteiger partial charge on any atom is 0.245 e. The Morgan fingerprint density at radius 2 is 1.70 bits per heavy atom. The second kappa shape index (κ2) is 7.80. The molecule has 0 aromatic heterocycles. The van der Waals surface area contributed by atoms with Crippen molar-refractivity contribution in [2.24, 2.45) is 0 Å². The largest absolute Gasteiger partial charge is 0.323 e. The molecule has 27 heavy (non-hydrogen) atoms. The minimum Gasteiger partial charge on any atom is -0.323 e. The predicted molar refractivity (Wildman–Crippen MR) is 107 cm³/mol. The summed E-state index contributed by atoms with van der Waals surface area (Å²) < 4.78 is 25.5. The van der Waals surface area contributed by atoms with Crippen molar-refractivity contribution in [2.75, 3.05) is 22.4 Å². The highest BCUT2D eigenvalue weighted by atomic mass is 32.2. The second-order valence-electron chi connectivity index (χ2n) is 7.27. The van der Waals surface area contributed by atoms with E-state index in [-0.39, 0.29) is 12.0 Å². The number of rotatable bonds is 5. The average molecular weight is 385 g/mol. The fourth-order valence-electron chi connectivity index (χ4n) is 2.54. The van der Waals surface area contributed by atoms with Crippen LogP contribution in [0.2, 0.25) is 0 Å². The first-order valence-corrected chi connectivity index (χ1v) is 10.2. The minimum absolute atomic E-state index is 0.0627. The Morgan fingerprint density at radius 3 is 2.22 bits per heavy atom. The fourth-order valence-corrected chi connectivity index (χ4v) is 3.39. The molecular formula is C20H23N3O3S. The smallest absolute Gasteiger partial charge is 0.245 e. The molecule has 0 saturated carbocycles. The van der Waals surface area contributed by atoms with Gasteiger partial charge >= 0.3 is 0 Å². The van der Waals surface area contributed by atoms with Crippen LogP contribution >= 0.6 is 0 Å². The van der Waals surface area contributed by atoms with Crippen molar-refractivity contribution in [3.05, 3.63) is 59.7 Å². The Balaban J connectivity index is 2.25. The van der Waals surface area contributed by atoms with E-state index >= 15 is 0 Å². The number of carbonyl (C=O) groups is 1. The first-order chi connectivity index (χ1) is 12.5. The van der Waals surface area contributed by atoms with E-state index in [4.69, 9.17) is 5.26 Å². The van der Waals surface area contributed by atoms with Crippen LogP contribution in [0.4, 0.5) is 11.4 Å². The third-order valence-electron chi connectivity index (χ3n) is 4.03. The van der Waals surface area contributed by atoms with Crippen LogP contribution in [-0.2, 0) is 20.2 Å². The van der Waals surface area contributed by atoms with E-state index in [1.807, 2.05) is 18.2 Å². The number of hydrogen-bond acceptors (Lipinski definition) is 4. The van der Waals surface area contributed by atoms with Crippen LogP contribution in [0, 0.1) is 11.3 Å². The fraction of sp³-hybridized carbons (Fsp3) is 0.300. The monoisotopic (exact) mass is 385 g/mol. The number of sulfonamides is 1. The van der Waals surface area contributed by atoms with Crippen molar-refractivity contribution in [3.63, 3.8) is 0 Å². The molecule has 0 bridgehead atoms. The number of nitrogens with zero attached hydrogens (tertiary/aromatic N) is 2. The zero-order valence-corrected chi connectivity index (χ0v) is 16.7. The van der Waals surface area contributed by atoms with Gasteiger partial charge in [0.05, 0.1) is 23.2 Å². The quantitative estimate of drug-likeness (QED) is 0.855. The normalized spacial score (nSPS) is 11.5. The third kappa shape index (κ3) is 5.31. The molecule has 0 atom stereocenters. The molecule has 0 fully saturated rings. The molecule has 1 N–H and O–H groups in total. The molecule has 0 saturated heterocycles. The van der Waals surface area contributed by atoms with Crippen LogP contribution in [0.3, 0.4) is 0 Å². The van der Waals surface area contributed by atoms with Gasteiger partial charge in [-0.05, 0) is 35.2 Å². The summed E-state index contributed by atoms with van der Waals surface area (Å²) in [6.45, 7) is 5.82. The van der Waals surface area contributed by atoms with Crippen LogP contribution < -0.4 is 9.62 Å². The topological polar surface area (TPSA) is 90.3 Å². The van der Waals surface area contributed by atoms with Gasteiger partial charge in [-0.15, -0.1) is 0 Å². The molecule has 6 nitrogen and oxygen atoms in total. The van der Waals surface area contributed by atoms with Crippen LogP contribution in [-0.4, -0.2) is 27.1 Å². The van der Waals surface area contributed by atoms with Gasteiger partial charge in [-0.2, -0.15) is 5.26 Å². The Kier molecular flexibility index (Phi) is 5.91. The van der Waals surface area contributed by atoms with E-state index in [9.17, 15) is 13.2 Å². The van der Waals surface area contributed by atoms with Crippen molar-refractivity contribution in [1.29, 1.82) is 5.26 Å². The molecule has 0 unspecified atom stereocenters. The Bertz CT molecular complexity index is 969. The summed E-state index contributed by atoms with van der Waals surface area (Å²) in [5, 5.41) is 11.7. The molecule has 142 valence electrons. The van der Waals surface area contributed by atoms with Crippen LogP contribution in [0.15, 0.2) is 48.5 Å². The summed E-state index contributed by atoms with van der Waals surface area (Å²) in [7, 11) is -3.66. The Hall–Kier alpha value is -2.85. The standard InChI is InChI=1S/C20H23N3O3S/c1-20(2,3)16-9-11-17(12-10-16)23(27(4,25)26)14-19(24)22-18-8-6-5-7-15(18)13-21/h5-12H,14H2,1-4H3,(H,22,24). The van der Waals surface area contributed by atoms with Crippen molar-refractivity contribution in [2.45, 2.75) is 26.2 Å². The molecule has 0 heterocycles. The summed E-state index contributed by atoms with van der Waals surface area (Å²) in [5.74, 6) is -0.525. The van der Waals surface area contributed by atoms with Gasteiger partial charge in [-0.1, -0.05) is 45.0 Å². The second-order valence-corrected chi connectivity index (χ2v) is 9.18.